The zero-order valence-corrected chi connectivity index (χ0v) is 17.4. The van der Waals surface area contributed by atoms with Crippen LogP contribution in [-0.2, 0) is 16.0 Å². The maximum atomic E-state index is 12.4. The van der Waals surface area contributed by atoms with Crippen LogP contribution in [0.3, 0.4) is 0 Å². The van der Waals surface area contributed by atoms with Crippen LogP contribution in [-0.4, -0.2) is 32.7 Å². The molecular weight excluding hydrogens is 390 g/mol. The zero-order chi connectivity index (χ0) is 20.8. The molecule has 0 saturated heterocycles. The van der Waals surface area contributed by atoms with E-state index >= 15 is 0 Å². The van der Waals surface area contributed by atoms with Crippen molar-refractivity contribution in [2.75, 3.05) is 26.1 Å². The van der Waals surface area contributed by atoms with Crippen LogP contribution < -0.4 is 14.8 Å². The van der Waals surface area contributed by atoms with Crippen molar-refractivity contribution in [3.05, 3.63) is 52.9 Å². The van der Waals surface area contributed by atoms with Gasteiger partial charge >= 0.3 is 5.97 Å². The van der Waals surface area contributed by atoms with E-state index in [0.717, 1.165) is 15.6 Å². The minimum atomic E-state index is -0.327. The number of fused-ring (bicyclic) bond motifs is 1. The minimum absolute atomic E-state index is 0.102. The van der Waals surface area contributed by atoms with Crippen LogP contribution in [0.4, 0.5) is 5.69 Å². The second-order valence-corrected chi connectivity index (χ2v) is 7.37. The fourth-order valence-electron chi connectivity index (χ4n) is 3.05. The Morgan fingerprint density at radius 1 is 1.07 bits per heavy atom. The highest BCUT2D eigenvalue weighted by Gasteiger charge is 2.13. The lowest BCUT2D eigenvalue weighted by Crippen LogP contribution is -2.12. The molecule has 3 aromatic rings. The number of carbonyl (C=O) groups excluding carboxylic acids is 2. The number of thiophene rings is 1. The Morgan fingerprint density at radius 3 is 2.62 bits per heavy atom. The van der Waals surface area contributed by atoms with Gasteiger partial charge in [0.25, 0.3) is 0 Å². The molecule has 0 aliphatic rings. The molecule has 0 saturated carbocycles. The summed E-state index contributed by atoms with van der Waals surface area (Å²) in [5.41, 5.74) is 1.60. The molecule has 29 heavy (non-hydrogen) atoms. The van der Waals surface area contributed by atoms with Gasteiger partial charge in [-0.25, -0.2) is 4.79 Å². The van der Waals surface area contributed by atoms with Gasteiger partial charge in [0.05, 0.1) is 20.8 Å². The molecule has 3 rings (SSSR count). The summed E-state index contributed by atoms with van der Waals surface area (Å²) in [6, 6.07) is 13.0. The van der Waals surface area contributed by atoms with Crippen LogP contribution in [0.1, 0.15) is 28.6 Å². The summed E-state index contributed by atoms with van der Waals surface area (Å²) in [5, 5.41) is 3.81. The predicted molar refractivity (Wildman–Crippen MR) is 114 cm³/mol. The summed E-state index contributed by atoms with van der Waals surface area (Å²) in [4.78, 5) is 24.9. The number of hydrogen-bond donors (Lipinski definition) is 1. The first-order valence-electron chi connectivity index (χ1n) is 9.26. The van der Waals surface area contributed by atoms with E-state index in [9.17, 15) is 9.59 Å². The van der Waals surface area contributed by atoms with Crippen molar-refractivity contribution in [3.8, 4) is 11.5 Å². The van der Waals surface area contributed by atoms with Crippen molar-refractivity contribution in [1.82, 2.24) is 0 Å². The summed E-state index contributed by atoms with van der Waals surface area (Å²) in [6.45, 7) is 2.12. The molecule has 1 N–H and O–H groups in total. The molecule has 0 bridgehead atoms. The fourth-order valence-corrected chi connectivity index (χ4v) is 3.98. The fraction of sp³-hybridized carbons (Fsp3) is 0.273. The van der Waals surface area contributed by atoms with Gasteiger partial charge in [0, 0.05) is 16.8 Å². The number of rotatable bonds is 8. The largest absolute Gasteiger partial charge is 0.493 e. The Hall–Kier alpha value is -3.06. The van der Waals surface area contributed by atoms with Gasteiger partial charge in [-0.15, -0.1) is 11.3 Å². The van der Waals surface area contributed by atoms with E-state index in [1.54, 1.807) is 27.2 Å². The quantitative estimate of drug-likeness (QED) is 0.544. The molecule has 6 nitrogen and oxygen atoms in total. The highest BCUT2D eigenvalue weighted by atomic mass is 32.1. The summed E-state index contributed by atoms with van der Waals surface area (Å²) >= 11 is 1.38. The van der Waals surface area contributed by atoms with E-state index in [2.05, 4.69) is 5.32 Å². The third kappa shape index (κ3) is 4.86. The first-order valence-corrected chi connectivity index (χ1v) is 10.1. The number of amides is 1. The van der Waals surface area contributed by atoms with Gasteiger partial charge in [0.1, 0.15) is 4.88 Å². The predicted octanol–water partition coefficient (Wildman–Crippen LogP) is 4.67. The standard InChI is InChI=1S/C22H23NO5S/c1-4-28-22(25)19-13-15-12-16(9-10-18(15)29-19)23-20(24)11-8-14-6-5-7-17(26-2)21(14)27-3/h5-7,9-10,12-13H,4,8,11H2,1-3H3,(H,23,24). The van der Waals surface area contributed by atoms with Crippen molar-refractivity contribution in [2.24, 2.45) is 0 Å². The second-order valence-electron chi connectivity index (χ2n) is 6.28. The average Bonchev–Trinajstić information content (AvgIpc) is 3.15. The Balaban J connectivity index is 1.66. The number of esters is 1. The maximum absolute atomic E-state index is 12.4. The highest BCUT2D eigenvalue weighted by molar-refractivity contribution is 7.20. The van der Waals surface area contributed by atoms with Crippen LogP contribution in [0.5, 0.6) is 11.5 Å². The molecule has 1 aromatic heterocycles. The maximum Gasteiger partial charge on any atom is 0.348 e. The topological polar surface area (TPSA) is 73.9 Å². The van der Waals surface area contributed by atoms with Crippen LogP contribution in [0.15, 0.2) is 42.5 Å². The van der Waals surface area contributed by atoms with Crippen molar-refractivity contribution >= 4 is 39.0 Å². The molecule has 0 radical (unpaired) electrons. The summed E-state index contributed by atoms with van der Waals surface area (Å²) in [5.74, 6) is 0.862. The van der Waals surface area contributed by atoms with E-state index < -0.39 is 0 Å². The minimum Gasteiger partial charge on any atom is -0.493 e. The van der Waals surface area contributed by atoms with Crippen LogP contribution in [0.25, 0.3) is 10.1 Å². The van der Waals surface area contributed by atoms with E-state index in [1.165, 1.54) is 11.3 Å². The van der Waals surface area contributed by atoms with Crippen LogP contribution >= 0.6 is 11.3 Å². The van der Waals surface area contributed by atoms with Gasteiger partial charge < -0.3 is 19.5 Å². The normalized spacial score (nSPS) is 10.6. The molecule has 0 aliphatic heterocycles. The summed E-state index contributed by atoms with van der Waals surface area (Å²) in [7, 11) is 3.17. The van der Waals surface area contributed by atoms with Gasteiger partial charge in [0.15, 0.2) is 11.5 Å². The Kier molecular flexibility index (Phi) is 6.72. The Labute approximate surface area is 173 Å². The number of carbonyl (C=O) groups is 2. The molecule has 0 unspecified atom stereocenters. The lowest BCUT2D eigenvalue weighted by Gasteiger charge is -2.12. The van der Waals surface area contributed by atoms with E-state index in [-0.39, 0.29) is 11.9 Å². The molecule has 7 heteroatoms. The number of para-hydroxylation sites is 1. The highest BCUT2D eigenvalue weighted by Crippen LogP contribution is 2.32. The van der Waals surface area contributed by atoms with Gasteiger partial charge in [-0.1, -0.05) is 12.1 Å². The summed E-state index contributed by atoms with van der Waals surface area (Å²) < 4.78 is 16.7. The number of ether oxygens (including phenoxy) is 3. The van der Waals surface area contributed by atoms with E-state index in [4.69, 9.17) is 14.2 Å². The van der Waals surface area contributed by atoms with Gasteiger partial charge in [-0.05, 0) is 54.6 Å². The SMILES string of the molecule is CCOC(=O)c1cc2cc(NC(=O)CCc3cccc(OC)c3OC)ccc2s1. The lowest BCUT2D eigenvalue weighted by molar-refractivity contribution is -0.116. The van der Waals surface area contributed by atoms with Crippen molar-refractivity contribution in [3.63, 3.8) is 0 Å². The van der Waals surface area contributed by atoms with Gasteiger partial charge in [-0.3, -0.25) is 4.79 Å². The average molecular weight is 413 g/mol. The number of hydrogen-bond acceptors (Lipinski definition) is 6. The van der Waals surface area contributed by atoms with E-state index in [1.807, 2.05) is 36.4 Å². The zero-order valence-electron chi connectivity index (χ0n) is 16.6. The van der Waals surface area contributed by atoms with Crippen molar-refractivity contribution in [1.29, 1.82) is 0 Å². The number of methoxy groups -OCH3 is 2. The smallest absolute Gasteiger partial charge is 0.348 e. The molecule has 0 spiro atoms. The molecule has 1 heterocycles. The number of anilines is 1. The van der Waals surface area contributed by atoms with E-state index in [0.29, 0.717) is 41.5 Å². The Morgan fingerprint density at radius 2 is 1.90 bits per heavy atom. The number of benzene rings is 2. The molecular formula is C22H23NO5S. The molecule has 2 aromatic carbocycles. The third-order valence-electron chi connectivity index (χ3n) is 4.38. The van der Waals surface area contributed by atoms with Gasteiger partial charge in [0.2, 0.25) is 5.91 Å². The third-order valence-corrected chi connectivity index (χ3v) is 5.48. The molecule has 0 atom stereocenters. The first-order chi connectivity index (χ1) is 14.0. The van der Waals surface area contributed by atoms with Crippen LogP contribution in [0, 0.1) is 0 Å². The number of aryl methyl sites for hydroxylation is 1. The number of nitrogens with one attached hydrogen (secondary N) is 1. The second kappa shape index (κ2) is 9.43. The molecule has 152 valence electrons. The van der Waals surface area contributed by atoms with Crippen LogP contribution in [0.2, 0.25) is 0 Å². The first kappa shape index (κ1) is 20.7. The monoisotopic (exact) mass is 413 g/mol. The van der Waals surface area contributed by atoms with Crippen molar-refractivity contribution < 1.29 is 23.8 Å². The molecule has 0 fully saturated rings. The summed E-state index contributed by atoms with van der Waals surface area (Å²) in [6.07, 6.45) is 0.833. The Bertz CT molecular complexity index is 1030. The van der Waals surface area contributed by atoms with Crippen molar-refractivity contribution in [2.45, 2.75) is 19.8 Å². The van der Waals surface area contributed by atoms with Gasteiger partial charge in [-0.2, -0.15) is 0 Å². The molecule has 0 aliphatic carbocycles. The lowest BCUT2D eigenvalue weighted by atomic mass is 10.1. The molecule has 1 amide bonds.